The topological polar surface area (TPSA) is 122 Å². The molecule has 0 aliphatic carbocycles. The molecule has 2 aromatic rings. The van der Waals surface area contributed by atoms with Gasteiger partial charge in [-0.05, 0) is 31.0 Å². The summed E-state index contributed by atoms with van der Waals surface area (Å²) in [5.74, 6) is 0.00162. The summed E-state index contributed by atoms with van der Waals surface area (Å²) in [6.07, 6.45) is 0. The number of hydrogen-bond acceptors (Lipinski definition) is 6. The normalized spacial score (nSPS) is 10.2. The molecule has 6 nitrogen and oxygen atoms in total. The summed E-state index contributed by atoms with van der Waals surface area (Å²) in [5, 5.41) is 19.2. The van der Waals surface area contributed by atoms with Crippen LogP contribution in [-0.4, -0.2) is 15.1 Å². The van der Waals surface area contributed by atoms with Crippen LogP contribution in [0.25, 0.3) is 11.3 Å². The van der Waals surface area contributed by atoms with E-state index in [1.165, 1.54) is 0 Å². The number of hydrogen-bond donors (Lipinski definition) is 3. The fraction of sp³-hybridized carbons (Fsp3) is 0.154. The molecule has 0 saturated carbocycles. The van der Waals surface area contributed by atoms with E-state index in [-0.39, 0.29) is 28.8 Å². The largest absolute Gasteiger partial charge is 0.507 e. The molecule has 0 unspecified atom stereocenters. The van der Waals surface area contributed by atoms with Crippen molar-refractivity contribution in [3.8, 4) is 23.1 Å². The third-order valence-electron chi connectivity index (χ3n) is 2.76. The van der Waals surface area contributed by atoms with Gasteiger partial charge < -0.3 is 16.6 Å². The van der Waals surface area contributed by atoms with Crippen LogP contribution >= 0.6 is 0 Å². The first kappa shape index (κ1) is 12.6. The molecule has 5 N–H and O–H groups in total. The fourth-order valence-corrected chi connectivity index (χ4v) is 2.04. The summed E-state index contributed by atoms with van der Waals surface area (Å²) in [6, 6.07) is 5.42. The monoisotopic (exact) mass is 255 g/mol. The van der Waals surface area contributed by atoms with Gasteiger partial charge in [0.25, 0.3) is 0 Å². The lowest BCUT2D eigenvalue weighted by Gasteiger charge is -2.12. The molecular formula is C13H13N5O. The molecular weight excluding hydrogens is 242 g/mol. The second-order valence-corrected chi connectivity index (χ2v) is 4.28. The van der Waals surface area contributed by atoms with Crippen LogP contribution in [0.15, 0.2) is 12.1 Å². The number of benzene rings is 1. The minimum absolute atomic E-state index is 0.00405. The molecule has 0 saturated heterocycles. The summed E-state index contributed by atoms with van der Waals surface area (Å²) in [7, 11) is 0. The van der Waals surface area contributed by atoms with E-state index >= 15 is 0 Å². The van der Waals surface area contributed by atoms with Crippen molar-refractivity contribution < 1.29 is 5.11 Å². The molecule has 1 heterocycles. The highest BCUT2D eigenvalue weighted by Gasteiger charge is 2.18. The first-order chi connectivity index (χ1) is 8.93. The Balaban J connectivity index is 2.84. The van der Waals surface area contributed by atoms with Crippen molar-refractivity contribution in [3.05, 3.63) is 28.8 Å². The van der Waals surface area contributed by atoms with Crippen molar-refractivity contribution in [2.45, 2.75) is 13.8 Å². The highest BCUT2D eigenvalue weighted by molar-refractivity contribution is 5.79. The molecule has 0 radical (unpaired) electrons. The molecule has 6 heteroatoms. The molecule has 0 bridgehead atoms. The van der Waals surface area contributed by atoms with Gasteiger partial charge in [-0.3, -0.25) is 0 Å². The van der Waals surface area contributed by atoms with E-state index in [1.54, 1.807) is 6.07 Å². The smallest absolute Gasteiger partial charge is 0.222 e. The van der Waals surface area contributed by atoms with Gasteiger partial charge in [0.1, 0.15) is 23.2 Å². The minimum atomic E-state index is -0.0362. The lowest BCUT2D eigenvalue weighted by atomic mass is 9.98. The van der Waals surface area contributed by atoms with Gasteiger partial charge in [0.15, 0.2) is 0 Å². The van der Waals surface area contributed by atoms with Crippen LogP contribution in [0.4, 0.5) is 11.8 Å². The van der Waals surface area contributed by atoms with Gasteiger partial charge >= 0.3 is 0 Å². The number of phenolic OH excluding ortho intramolecular Hbond substituents is 1. The molecule has 0 fully saturated rings. The van der Waals surface area contributed by atoms with Crippen LogP contribution in [0.1, 0.15) is 16.7 Å². The summed E-state index contributed by atoms with van der Waals surface area (Å²) in [6.45, 7) is 3.68. The molecule has 0 atom stereocenters. The maximum atomic E-state index is 10.1. The van der Waals surface area contributed by atoms with E-state index in [1.807, 2.05) is 26.0 Å². The van der Waals surface area contributed by atoms with Crippen molar-refractivity contribution >= 4 is 11.8 Å². The number of nitrogen functional groups attached to an aromatic ring is 2. The SMILES string of the molecule is Cc1cc(C)c(-c2nc(N)nc(N)c2C#N)c(O)c1. The van der Waals surface area contributed by atoms with Crippen LogP contribution in [0.5, 0.6) is 5.75 Å². The number of rotatable bonds is 1. The Morgan fingerprint density at radius 3 is 2.47 bits per heavy atom. The minimum Gasteiger partial charge on any atom is -0.507 e. The van der Waals surface area contributed by atoms with Crippen molar-refractivity contribution in [2.24, 2.45) is 0 Å². The summed E-state index contributed by atoms with van der Waals surface area (Å²) in [5.41, 5.74) is 13.7. The number of nitrogens with two attached hydrogens (primary N) is 2. The van der Waals surface area contributed by atoms with Crippen molar-refractivity contribution in [1.29, 1.82) is 5.26 Å². The molecule has 19 heavy (non-hydrogen) atoms. The van der Waals surface area contributed by atoms with Gasteiger partial charge in [0.05, 0.1) is 5.69 Å². The molecule has 2 rings (SSSR count). The number of nitriles is 1. The van der Waals surface area contributed by atoms with E-state index in [9.17, 15) is 5.11 Å². The third kappa shape index (κ3) is 2.13. The lowest BCUT2D eigenvalue weighted by Crippen LogP contribution is -2.05. The Morgan fingerprint density at radius 1 is 1.21 bits per heavy atom. The van der Waals surface area contributed by atoms with Crippen molar-refractivity contribution in [1.82, 2.24) is 9.97 Å². The number of aromatic hydroxyl groups is 1. The Labute approximate surface area is 110 Å². The first-order valence-corrected chi connectivity index (χ1v) is 5.57. The first-order valence-electron chi connectivity index (χ1n) is 5.57. The molecule has 1 aromatic carbocycles. The van der Waals surface area contributed by atoms with Gasteiger partial charge in [0.2, 0.25) is 5.95 Å². The van der Waals surface area contributed by atoms with Crippen LogP contribution < -0.4 is 11.5 Å². The lowest BCUT2D eigenvalue weighted by molar-refractivity contribution is 0.476. The highest BCUT2D eigenvalue weighted by Crippen LogP contribution is 2.35. The number of nitrogens with zero attached hydrogens (tertiary/aromatic N) is 3. The summed E-state index contributed by atoms with van der Waals surface area (Å²) < 4.78 is 0. The zero-order valence-corrected chi connectivity index (χ0v) is 10.6. The third-order valence-corrected chi connectivity index (χ3v) is 2.76. The number of aryl methyl sites for hydroxylation is 2. The highest BCUT2D eigenvalue weighted by atomic mass is 16.3. The predicted octanol–water partition coefficient (Wildman–Crippen LogP) is 1.50. The van der Waals surface area contributed by atoms with Crippen molar-refractivity contribution in [3.63, 3.8) is 0 Å². The molecule has 1 aromatic heterocycles. The van der Waals surface area contributed by atoms with E-state index in [4.69, 9.17) is 16.7 Å². The van der Waals surface area contributed by atoms with E-state index in [2.05, 4.69) is 9.97 Å². The van der Waals surface area contributed by atoms with E-state index in [0.29, 0.717) is 5.56 Å². The predicted molar refractivity (Wildman–Crippen MR) is 72.1 cm³/mol. The van der Waals surface area contributed by atoms with E-state index in [0.717, 1.165) is 11.1 Å². The van der Waals surface area contributed by atoms with Gasteiger partial charge in [-0.1, -0.05) is 6.07 Å². The number of aromatic nitrogens is 2. The van der Waals surface area contributed by atoms with Gasteiger partial charge in [-0.15, -0.1) is 0 Å². The zero-order valence-electron chi connectivity index (χ0n) is 10.6. The molecule has 96 valence electrons. The molecule has 0 aliphatic heterocycles. The second-order valence-electron chi connectivity index (χ2n) is 4.28. The maximum absolute atomic E-state index is 10.1. The second kappa shape index (κ2) is 4.46. The Morgan fingerprint density at radius 2 is 1.89 bits per heavy atom. The summed E-state index contributed by atoms with van der Waals surface area (Å²) in [4.78, 5) is 7.78. The molecule has 0 spiro atoms. The average molecular weight is 255 g/mol. The van der Waals surface area contributed by atoms with Crippen LogP contribution in [0.3, 0.4) is 0 Å². The number of anilines is 2. The maximum Gasteiger partial charge on any atom is 0.222 e. The molecule has 0 aliphatic rings. The van der Waals surface area contributed by atoms with Crippen molar-refractivity contribution in [2.75, 3.05) is 11.5 Å². The van der Waals surface area contributed by atoms with Crippen LogP contribution in [0.2, 0.25) is 0 Å². The van der Waals surface area contributed by atoms with Gasteiger partial charge in [-0.2, -0.15) is 10.2 Å². The quantitative estimate of drug-likeness (QED) is 0.709. The Hall–Kier alpha value is -2.81. The number of phenols is 1. The Kier molecular flexibility index (Phi) is 2.97. The van der Waals surface area contributed by atoms with E-state index < -0.39 is 0 Å². The molecule has 0 amide bonds. The summed E-state index contributed by atoms with van der Waals surface area (Å²) >= 11 is 0. The van der Waals surface area contributed by atoms with Crippen LogP contribution in [-0.2, 0) is 0 Å². The fourth-order valence-electron chi connectivity index (χ4n) is 2.04. The average Bonchev–Trinajstić information content (AvgIpc) is 2.26. The van der Waals surface area contributed by atoms with Crippen LogP contribution in [0, 0.1) is 25.2 Å². The zero-order chi connectivity index (χ0) is 14.2. The standard InChI is InChI=1S/C13H13N5O/c1-6-3-7(2)10(9(19)4-6)11-8(5-14)12(15)18-13(16)17-11/h3-4,19H,1-2H3,(H4,15,16,17,18). The van der Waals surface area contributed by atoms with Gasteiger partial charge in [0, 0.05) is 5.56 Å². The van der Waals surface area contributed by atoms with Gasteiger partial charge in [-0.25, -0.2) is 4.98 Å². The Bertz CT molecular complexity index is 680.